The van der Waals surface area contributed by atoms with E-state index in [1.807, 2.05) is 20.1 Å². The molecular formula is C13H26N2O3S. The van der Waals surface area contributed by atoms with Crippen molar-refractivity contribution < 1.29 is 14.7 Å². The molecule has 0 saturated carbocycles. The molecule has 1 atom stereocenters. The quantitative estimate of drug-likeness (QED) is 0.566. The summed E-state index contributed by atoms with van der Waals surface area (Å²) < 4.78 is 0. The van der Waals surface area contributed by atoms with Crippen molar-refractivity contribution in [2.24, 2.45) is 11.1 Å². The Morgan fingerprint density at radius 1 is 1.37 bits per heavy atom. The van der Waals surface area contributed by atoms with E-state index in [1.165, 1.54) is 0 Å². The van der Waals surface area contributed by atoms with Gasteiger partial charge in [0.2, 0.25) is 5.91 Å². The molecule has 0 spiro atoms. The molecule has 112 valence electrons. The lowest BCUT2D eigenvalue weighted by atomic mass is 9.84. The van der Waals surface area contributed by atoms with Gasteiger partial charge >= 0.3 is 5.97 Å². The monoisotopic (exact) mass is 290 g/mol. The highest BCUT2D eigenvalue weighted by Gasteiger charge is 2.20. The van der Waals surface area contributed by atoms with E-state index in [9.17, 15) is 9.59 Å². The first-order valence-electron chi connectivity index (χ1n) is 6.52. The zero-order chi connectivity index (χ0) is 14.9. The Balaban J connectivity index is 3.87. The number of hydrogen-bond acceptors (Lipinski definition) is 4. The summed E-state index contributed by atoms with van der Waals surface area (Å²) in [5.41, 5.74) is 5.66. The van der Waals surface area contributed by atoms with Crippen molar-refractivity contribution in [3.8, 4) is 0 Å². The lowest BCUT2D eigenvalue weighted by Gasteiger charge is -2.24. The van der Waals surface area contributed by atoms with Gasteiger partial charge in [-0.25, -0.2) is 0 Å². The second-order valence-corrected chi connectivity index (χ2v) is 6.47. The Morgan fingerprint density at radius 2 is 2.00 bits per heavy atom. The molecule has 0 saturated heterocycles. The number of carboxylic acid groups (broad SMARTS) is 1. The van der Waals surface area contributed by atoms with Crippen LogP contribution in [-0.4, -0.2) is 41.6 Å². The second kappa shape index (κ2) is 9.20. The van der Waals surface area contributed by atoms with Gasteiger partial charge in [-0.05, 0) is 36.7 Å². The number of carboxylic acids is 1. The van der Waals surface area contributed by atoms with Gasteiger partial charge in [0, 0.05) is 13.0 Å². The molecule has 1 amide bonds. The van der Waals surface area contributed by atoms with E-state index in [0.717, 1.165) is 12.2 Å². The first-order chi connectivity index (χ1) is 8.78. The van der Waals surface area contributed by atoms with Crippen LogP contribution in [0.25, 0.3) is 0 Å². The highest BCUT2D eigenvalue weighted by Crippen LogP contribution is 2.25. The summed E-state index contributed by atoms with van der Waals surface area (Å²) in [6.07, 6.45) is 4.18. The van der Waals surface area contributed by atoms with Gasteiger partial charge in [-0.2, -0.15) is 11.8 Å². The van der Waals surface area contributed by atoms with E-state index in [-0.39, 0.29) is 17.7 Å². The van der Waals surface area contributed by atoms with Crippen molar-refractivity contribution >= 4 is 23.6 Å². The predicted molar refractivity (Wildman–Crippen MR) is 79.3 cm³/mol. The number of aliphatic carboxylic acids is 1. The standard InChI is InChI=1S/C13H26N2O3S/c1-13(2,6-4-11(16)17)7-8-15-12(18)10(14)5-9-19-3/h10H,4-9,14H2,1-3H3,(H,15,18)(H,16,17)/t10-/m0/s1. The van der Waals surface area contributed by atoms with Gasteiger partial charge < -0.3 is 16.2 Å². The van der Waals surface area contributed by atoms with Gasteiger partial charge in [0.15, 0.2) is 0 Å². The number of carbonyl (C=O) groups is 2. The van der Waals surface area contributed by atoms with Gasteiger partial charge in [0.25, 0.3) is 0 Å². The van der Waals surface area contributed by atoms with Crippen LogP contribution in [-0.2, 0) is 9.59 Å². The third kappa shape index (κ3) is 9.78. The molecule has 0 unspecified atom stereocenters. The molecule has 4 N–H and O–H groups in total. The first kappa shape index (κ1) is 18.2. The van der Waals surface area contributed by atoms with E-state index in [4.69, 9.17) is 10.8 Å². The molecular weight excluding hydrogens is 264 g/mol. The molecule has 0 bridgehead atoms. The average molecular weight is 290 g/mol. The third-order valence-electron chi connectivity index (χ3n) is 3.09. The molecule has 19 heavy (non-hydrogen) atoms. The van der Waals surface area contributed by atoms with Crippen LogP contribution in [0.15, 0.2) is 0 Å². The summed E-state index contributed by atoms with van der Waals surface area (Å²) in [5.74, 6) is -0.0297. The lowest BCUT2D eigenvalue weighted by molar-refractivity contribution is -0.137. The molecule has 0 heterocycles. The average Bonchev–Trinajstić information content (AvgIpc) is 2.33. The van der Waals surface area contributed by atoms with Crippen LogP contribution in [0.3, 0.4) is 0 Å². The summed E-state index contributed by atoms with van der Waals surface area (Å²) in [6.45, 7) is 4.56. The Labute approximate surface area is 119 Å². The zero-order valence-corrected chi connectivity index (χ0v) is 12.9. The van der Waals surface area contributed by atoms with Gasteiger partial charge in [0.1, 0.15) is 0 Å². The largest absolute Gasteiger partial charge is 0.481 e. The van der Waals surface area contributed by atoms with Crippen molar-refractivity contribution in [1.29, 1.82) is 0 Å². The Hall–Kier alpha value is -0.750. The minimum absolute atomic E-state index is 0.0883. The van der Waals surface area contributed by atoms with Gasteiger partial charge in [0.05, 0.1) is 6.04 Å². The van der Waals surface area contributed by atoms with Crippen LogP contribution >= 0.6 is 11.8 Å². The topological polar surface area (TPSA) is 92.4 Å². The molecule has 0 aromatic rings. The molecule has 0 aliphatic heterocycles. The van der Waals surface area contributed by atoms with Gasteiger partial charge in [-0.1, -0.05) is 13.8 Å². The second-order valence-electron chi connectivity index (χ2n) is 5.49. The van der Waals surface area contributed by atoms with Crippen molar-refractivity contribution in [2.45, 2.75) is 45.6 Å². The van der Waals surface area contributed by atoms with Crippen LogP contribution in [0.4, 0.5) is 0 Å². The van der Waals surface area contributed by atoms with Crippen LogP contribution in [0.5, 0.6) is 0 Å². The summed E-state index contributed by atoms with van der Waals surface area (Å²) in [4.78, 5) is 22.2. The van der Waals surface area contributed by atoms with Gasteiger partial charge in [-0.3, -0.25) is 9.59 Å². The Kier molecular flexibility index (Phi) is 8.84. The maximum Gasteiger partial charge on any atom is 0.303 e. The maximum absolute atomic E-state index is 11.7. The summed E-state index contributed by atoms with van der Waals surface area (Å²) in [6, 6.07) is -0.449. The predicted octanol–water partition coefficient (Wildman–Crippen LogP) is 1.46. The van der Waals surface area contributed by atoms with Crippen LogP contribution in [0, 0.1) is 5.41 Å². The molecule has 0 aromatic heterocycles. The molecule has 0 aromatic carbocycles. The van der Waals surface area contributed by atoms with E-state index >= 15 is 0 Å². The maximum atomic E-state index is 11.7. The molecule has 6 heteroatoms. The van der Waals surface area contributed by atoms with Crippen molar-refractivity contribution in [1.82, 2.24) is 5.32 Å². The summed E-state index contributed by atoms with van der Waals surface area (Å²) >= 11 is 1.67. The van der Waals surface area contributed by atoms with Crippen LogP contribution in [0.2, 0.25) is 0 Å². The highest BCUT2D eigenvalue weighted by atomic mass is 32.2. The minimum atomic E-state index is -0.781. The number of thioether (sulfide) groups is 1. The summed E-state index contributed by atoms with van der Waals surface area (Å²) in [5, 5.41) is 11.5. The van der Waals surface area contributed by atoms with Crippen molar-refractivity contribution in [3.05, 3.63) is 0 Å². The minimum Gasteiger partial charge on any atom is -0.481 e. The SMILES string of the molecule is CSCC[C@H](N)C(=O)NCCC(C)(C)CCC(=O)O. The Bertz CT molecular complexity index is 296. The molecule has 0 aliphatic carbocycles. The van der Waals surface area contributed by atoms with E-state index in [2.05, 4.69) is 5.32 Å². The molecule has 5 nitrogen and oxygen atoms in total. The highest BCUT2D eigenvalue weighted by molar-refractivity contribution is 7.98. The van der Waals surface area contributed by atoms with E-state index < -0.39 is 12.0 Å². The number of carbonyl (C=O) groups excluding carboxylic acids is 1. The zero-order valence-electron chi connectivity index (χ0n) is 12.1. The van der Waals surface area contributed by atoms with Crippen LogP contribution < -0.4 is 11.1 Å². The first-order valence-corrected chi connectivity index (χ1v) is 7.92. The number of rotatable bonds is 10. The van der Waals surface area contributed by atoms with Gasteiger partial charge in [-0.15, -0.1) is 0 Å². The fourth-order valence-electron chi connectivity index (χ4n) is 1.60. The van der Waals surface area contributed by atoms with E-state index in [0.29, 0.717) is 19.4 Å². The van der Waals surface area contributed by atoms with Crippen molar-refractivity contribution in [2.75, 3.05) is 18.6 Å². The van der Waals surface area contributed by atoms with E-state index in [1.54, 1.807) is 11.8 Å². The normalized spacial score (nSPS) is 13.1. The number of nitrogens with two attached hydrogens (primary N) is 1. The Morgan fingerprint density at radius 3 is 2.53 bits per heavy atom. The summed E-state index contributed by atoms with van der Waals surface area (Å²) in [7, 11) is 0. The molecule has 0 rings (SSSR count). The smallest absolute Gasteiger partial charge is 0.303 e. The molecule has 0 aliphatic rings. The molecule has 0 radical (unpaired) electrons. The number of amides is 1. The fourth-order valence-corrected chi connectivity index (χ4v) is 2.09. The van der Waals surface area contributed by atoms with Crippen molar-refractivity contribution in [3.63, 3.8) is 0 Å². The fraction of sp³-hybridized carbons (Fsp3) is 0.846. The third-order valence-corrected chi connectivity index (χ3v) is 3.73. The number of nitrogens with one attached hydrogen (secondary N) is 1. The lowest BCUT2D eigenvalue weighted by Crippen LogP contribution is -2.42. The van der Waals surface area contributed by atoms with Crippen LogP contribution in [0.1, 0.15) is 39.5 Å². The number of hydrogen-bond donors (Lipinski definition) is 3. The molecule has 0 fully saturated rings.